The van der Waals surface area contributed by atoms with E-state index in [9.17, 15) is 37.6 Å². The van der Waals surface area contributed by atoms with Gasteiger partial charge in [-0.3, -0.25) is 39.2 Å². The Morgan fingerprint density at radius 3 is 2.39 bits per heavy atom. The van der Waals surface area contributed by atoms with Crippen LogP contribution in [0.15, 0.2) is 36.5 Å². The van der Waals surface area contributed by atoms with Gasteiger partial charge in [-0.15, -0.1) is 12.4 Å². The van der Waals surface area contributed by atoms with Crippen molar-refractivity contribution in [3.63, 3.8) is 0 Å². The number of hydrogen-bond donors (Lipinski definition) is 2. The number of rotatable bonds is 10. The van der Waals surface area contributed by atoms with Crippen LogP contribution in [0.2, 0.25) is 0 Å². The Labute approximate surface area is 341 Å². The molecule has 1 saturated carbocycles. The predicted molar refractivity (Wildman–Crippen MR) is 211 cm³/mol. The molecule has 13 nitrogen and oxygen atoms in total. The second-order valence-electron chi connectivity index (χ2n) is 15.6. The minimum absolute atomic E-state index is 0. The van der Waals surface area contributed by atoms with Gasteiger partial charge in [0.05, 0.1) is 48.1 Å². The number of anilines is 2. The number of nitrogens with zero attached hydrogens (tertiary/aromatic N) is 6. The van der Waals surface area contributed by atoms with Crippen LogP contribution in [-0.4, -0.2) is 111 Å². The normalized spacial score (nSPS) is 25.8. The average molecular weight is 833 g/mol. The van der Waals surface area contributed by atoms with Crippen molar-refractivity contribution in [3.05, 3.63) is 53.2 Å². The third-order valence-electron chi connectivity index (χ3n) is 11.4. The summed E-state index contributed by atoms with van der Waals surface area (Å²) >= 11 is 5.73. The number of imide groups is 1. The van der Waals surface area contributed by atoms with Crippen molar-refractivity contribution in [1.82, 2.24) is 25.0 Å². The van der Waals surface area contributed by atoms with Crippen molar-refractivity contribution < 1.29 is 37.1 Å². The third-order valence-corrected chi connectivity index (χ3v) is 11.8. The highest BCUT2D eigenvalue weighted by Crippen LogP contribution is 2.41. The highest BCUT2D eigenvalue weighted by Gasteiger charge is 2.52. The largest absolute Gasteiger partial charge is 0.417 e. The van der Waals surface area contributed by atoms with Crippen LogP contribution in [0.3, 0.4) is 0 Å². The number of hydrogen-bond acceptors (Lipinski definition) is 10. The van der Waals surface area contributed by atoms with Crippen LogP contribution in [0.1, 0.15) is 88.8 Å². The van der Waals surface area contributed by atoms with Gasteiger partial charge < -0.3 is 15.0 Å². The summed E-state index contributed by atoms with van der Waals surface area (Å²) in [6.45, 7) is 10.6. The number of alkyl halides is 3. The molecule has 6 rings (SSSR count). The molecular formula is C39H48ClF3N8O5S. The molecule has 2 aromatic rings. The topological polar surface area (TPSA) is 151 Å². The summed E-state index contributed by atoms with van der Waals surface area (Å²) in [6.07, 6.45) is 0.349. The molecule has 3 atom stereocenters. The highest BCUT2D eigenvalue weighted by atomic mass is 35.5. The number of amides is 4. The average Bonchev–Trinajstić information content (AvgIpc) is 3.31. The Bertz CT molecular complexity index is 1910. The fourth-order valence-electron chi connectivity index (χ4n) is 8.52. The monoisotopic (exact) mass is 832 g/mol. The lowest BCUT2D eigenvalue weighted by Crippen LogP contribution is -2.58. The number of pyridine rings is 1. The number of piperazine rings is 1. The van der Waals surface area contributed by atoms with Crippen molar-refractivity contribution in [1.29, 1.82) is 5.26 Å². The van der Waals surface area contributed by atoms with Gasteiger partial charge in [-0.2, -0.15) is 18.4 Å². The molecule has 57 heavy (non-hydrogen) atoms. The highest BCUT2D eigenvalue weighted by molar-refractivity contribution is 7.80. The number of ether oxygens (including phenoxy) is 1. The summed E-state index contributed by atoms with van der Waals surface area (Å²) < 4.78 is 47.5. The Hall–Kier alpha value is -4.21. The fourth-order valence-corrected chi connectivity index (χ4v) is 9.09. The lowest BCUT2D eigenvalue weighted by atomic mass is 9.89. The molecule has 1 unspecified atom stereocenters. The predicted octanol–water partition coefficient (Wildman–Crippen LogP) is 4.99. The number of nitrogens with one attached hydrogen (secondary N) is 2. The second kappa shape index (κ2) is 17.7. The van der Waals surface area contributed by atoms with Crippen LogP contribution < -0.4 is 15.5 Å². The van der Waals surface area contributed by atoms with Gasteiger partial charge in [0.2, 0.25) is 17.7 Å². The van der Waals surface area contributed by atoms with Gasteiger partial charge in [0.25, 0.3) is 5.91 Å². The maximum Gasteiger partial charge on any atom is 0.417 e. The minimum Gasteiger partial charge on any atom is -0.377 e. The number of carbonyl (C=O) groups excluding carboxylic acids is 4. The smallest absolute Gasteiger partial charge is 0.377 e. The van der Waals surface area contributed by atoms with E-state index in [2.05, 4.69) is 39.3 Å². The summed E-state index contributed by atoms with van der Waals surface area (Å²) in [5.74, 6) is -1.37. The minimum atomic E-state index is -4.77. The SMILES string of the molecule is C[C@@H]1CN(CCOC2CCC(N3C(=S)N(c4ccc(C#N)c(C(F)(F)F)c4)C(=O)C3(C)C)CC2)C[C@H](C)N1CC(=O)Nc1cc(C2CCC(=O)NC2=O)ccn1.Cl. The van der Waals surface area contributed by atoms with Crippen LogP contribution in [0, 0.1) is 11.3 Å². The van der Waals surface area contributed by atoms with E-state index in [-0.39, 0.29) is 78.1 Å². The van der Waals surface area contributed by atoms with E-state index in [1.807, 2.05) is 4.90 Å². The van der Waals surface area contributed by atoms with Gasteiger partial charge in [-0.05, 0) is 108 Å². The Morgan fingerprint density at radius 2 is 1.75 bits per heavy atom. The molecule has 4 aliphatic rings. The van der Waals surface area contributed by atoms with Crippen molar-refractivity contribution in [2.45, 2.75) is 108 Å². The standard InChI is InChI=1S/C39H47F3N8O5S.ClH/c1-23-20-47(21-24(2)48(23)22-34(52)45-32-17-25(13-14-44-32)30-11-12-33(51)46-35(30)53)15-16-55-29-9-7-27(8-10-29)50-37(56)49(36(54)38(50,3)4)28-6-5-26(19-43)31(18-28)39(40,41)42;/h5-6,13-14,17-18,23-24,27,29-30H,7-12,15-16,20-22H2,1-4H3,(H,44,45,52)(H,46,51,53);1H/t23-,24+,27?,29?,30?;. The van der Waals surface area contributed by atoms with Gasteiger partial charge in [-0.25, -0.2) is 4.98 Å². The van der Waals surface area contributed by atoms with Gasteiger partial charge in [-0.1, -0.05) is 0 Å². The third kappa shape index (κ3) is 9.58. The second-order valence-corrected chi connectivity index (χ2v) is 16.0. The molecule has 1 aromatic carbocycles. The van der Waals surface area contributed by atoms with E-state index < -0.39 is 34.7 Å². The van der Waals surface area contributed by atoms with Crippen LogP contribution in [0.5, 0.6) is 0 Å². The summed E-state index contributed by atoms with van der Waals surface area (Å²) in [7, 11) is 0. The number of piperidine rings is 1. The molecule has 0 radical (unpaired) electrons. The van der Waals surface area contributed by atoms with Crippen LogP contribution in [0.4, 0.5) is 24.7 Å². The quantitative estimate of drug-likeness (QED) is 0.246. The Balaban J connectivity index is 0.00000620. The summed E-state index contributed by atoms with van der Waals surface area (Å²) in [5, 5.41) is 14.6. The Kier molecular flexibility index (Phi) is 13.7. The summed E-state index contributed by atoms with van der Waals surface area (Å²) in [4.78, 5) is 62.3. The van der Waals surface area contributed by atoms with E-state index in [1.165, 1.54) is 6.07 Å². The summed E-state index contributed by atoms with van der Waals surface area (Å²) in [5.41, 5.74) is -2.02. The molecule has 308 valence electrons. The van der Waals surface area contributed by atoms with Gasteiger partial charge in [0.15, 0.2) is 5.11 Å². The molecule has 4 fully saturated rings. The molecular weight excluding hydrogens is 785 g/mol. The number of aromatic nitrogens is 1. The van der Waals surface area contributed by atoms with Crippen LogP contribution in [-0.2, 0) is 30.1 Å². The first-order chi connectivity index (χ1) is 26.5. The first-order valence-corrected chi connectivity index (χ1v) is 19.4. The zero-order valence-electron chi connectivity index (χ0n) is 32.3. The fraction of sp³-hybridized carbons (Fsp3) is 0.564. The van der Waals surface area contributed by atoms with Gasteiger partial charge in [0.1, 0.15) is 11.4 Å². The van der Waals surface area contributed by atoms with E-state index in [0.717, 1.165) is 49.5 Å². The number of nitriles is 1. The summed E-state index contributed by atoms with van der Waals surface area (Å²) in [6, 6.07) is 8.30. The molecule has 4 amide bonds. The molecule has 1 aromatic heterocycles. The maximum atomic E-state index is 13.7. The first kappa shape index (κ1) is 43.9. The maximum absolute atomic E-state index is 13.7. The number of halogens is 4. The van der Waals surface area contributed by atoms with E-state index in [4.69, 9.17) is 17.0 Å². The first-order valence-electron chi connectivity index (χ1n) is 19.0. The van der Waals surface area contributed by atoms with E-state index in [0.29, 0.717) is 37.3 Å². The number of thiocarbonyl (C=S) groups is 1. The zero-order chi connectivity index (χ0) is 40.5. The van der Waals surface area contributed by atoms with Crippen molar-refractivity contribution in [2.24, 2.45) is 0 Å². The van der Waals surface area contributed by atoms with E-state index >= 15 is 0 Å². The molecule has 4 heterocycles. The van der Waals surface area contributed by atoms with Gasteiger partial charge in [0, 0.05) is 50.4 Å². The zero-order valence-corrected chi connectivity index (χ0v) is 33.9. The number of benzene rings is 1. The molecule has 3 saturated heterocycles. The Morgan fingerprint density at radius 1 is 1.07 bits per heavy atom. The van der Waals surface area contributed by atoms with Crippen molar-refractivity contribution >= 4 is 64.9 Å². The molecule has 3 aliphatic heterocycles. The van der Waals surface area contributed by atoms with Crippen molar-refractivity contribution in [2.75, 3.05) is 43.0 Å². The van der Waals surface area contributed by atoms with Crippen molar-refractivity contribution in [3.8, 4) is 6.07 Å². The molecule has 18 heteroatoms. The lowest BCUT2D eigenvalue weighted by Gasteiger charge is -2.44. The molecule has 0 spiro atoms. The molecule has 0 bridgehead atoms. The molecule has 1 aliphatic carbocycles. The van der Waals surface area contributed by atoms with Gasteiger partial charge >= 0.3 is 6.18 Å². The van der Waals surface area contributed by atoms with Crippen LogP contribution >= 0.6 is 24.6 Å². The molecule has 2 N–H and O–H groups in total. The van der Waals surface area contributed by atoms with Crippen LogP contribution in [0.25, 0.3) is 0 Å². The number of carbonyl (C=O) groups is 4. The van der Waals surface area contributed by atoms with E-state index in [1.54, 1.807) is 38.2 Å². The lowest BCUT2D eigenvalue weighted by molar-refractivity contribution is -0.138.